The molecule has 126 valence electrons. The Balaban J connectivity index is 1.75. The highest BCUT2D eigenvalue weighted by molar-refractivity contribution is 7.88. The van der Waals surface area contributed by atoms with Gasteiger partial charge in [0.25, 0.3) is 5.91 Å². The molecule has 0 saturated heterocycles. The zero-order valence-corrected chi connectivity index (χ0v) is 13.9. The van der Waals surface area contributed by atoms with Crippen molar-refractivity contribution in [3.8, 4) is 5.75 Å². The Morgan fingerprint density at radius 2 is 1.96 bits per heavy atom. The molecular formula is C14H16ClFN2O4S. The molecule has 1 amide bonds. The standard InChI is InChI=1S/C14H16ClFN2O4S/c1-17-23(20,21)18-14(19)10-5-11(15)13(6-12(10)16)22-9-3-7-2-8(7)4-9/h5-9,17H,2-4H2,1H3,(H,18,19)/t7-,8+,9?. The minimum Gasteiger partial charge on any atom is -0.489 e. The third-order valence-corrected chi connectivity index (χ3v) is 5.54. The highest BCUT2D eigenvalue weighted by Crippen LogP contribution is 2.52. The van der Waals surface area contributed by atoms with E-state index in [1.165, 1.54) is 6.42 Å². The first-order chi connectivity index (χ1) is 10.8. The molecule has 0 heterocycles. The number of rotatable bonds is 5. The third-order valence-electron chi connectivity index (χ3n) is 4.26. The van der Waals surface area contributed by atoms with Crippen LogP contribution in [0.15, 0.2) is 12.1 Å². The fraction of sp³-hybridized carbons (Fsp3) is 0.500. The van der Waals surface area contributed by atoms with Crippen LogP contribution >= 0.6 is 11.6 Å². The van der Waals surface area contributed by atoms with Crippen molar-refractivity contribution in [3.63, 3.8) is 0 Å². The summed E-state index contributed by atoms with van der Waals surface area (Å²) in [6.07, 6.45) is 3.12. The monoisotopic (exact) mass is 362 g/mol. The lowest BCUT2D eigenvalue weighted by Crippen LogP contribution is -2.38. The molecule has 1 aromatic rings. The minimum absolute atomic E-state index is 0.0139. The van der Waals surface area contributed by atoms with Crippen LogP contribution in [0.1, 0.15) is 29.6 Å². The second kappa shape index (κ2) is 5.92. The summed E-state index contributed by atoms with van der Waals surface area (Å²) in [6.45, 7) is 0. The molecule has 6 nitrogen and oxygen atoms in total. The maximum atomic E-state index is 14.1. The van der Waals surface area contributed by atoms with E-state index in [1.54, 1.807) is 4.72 Å². The average Bonchev–Trinajstić information content (AvgIpc) is 3.09. The Labute approximate surface area is 138 Å². The first-order valence-electron chi connectivity index (χ1n) is 7.20. The van der Waals surface area contributed by atoms with Crippen LogP contribution in [-0.2, 0) is 10.2 Å². The van der Waals surface area contributed by atoms with Gasteiger partial charge in [-0.25, -0.2) is 13.8 Å². The predicted octanol–water partition coefficient (Wildman–Crippen LogP) is 1.85. The van der Waals surface area contributed by atoms with Gasteiger partial charge in [-0.15, -0.1) is 0 Å². The third kappa shape index (κ3) is 3.59. The van der Waals surface area contributed by atoms with Gasteiger partial charge < -0.3 is 4.74 Å². The molecule has 0 aliphatic heterocycles. The van der Waals surface area contributed by atoms with Crippen LogP contribution in [0.5, 0.6) is 5.75 Å². The zero-order chi connectivity index (χ0) is 16.8. The van der Waals surface area contributed by atoms with Crippen LogP contribution in [0.2, 0.25) is 5.02 Å². The molecule has 2 N–H and O–H groups in total. The van der Waals surface area contributed by atoms with Gasteiger partial charge in [0.05, 0.1) is 16.7 Å². The lowest BCUT2D eigenvalue weighted by Gasteiger charge is -2.17. The van der Waals surface area contributed by atoms with Crippen LogP contribution in [0.3, 0.4) is 0 Å². The molecule has 3 atom stereocenters. The van der Waals surface area contributed by atoms with E-state index in [2.05, 4.69) is 0 Å². The van der Waals surface area contributed by atoms with E-state index in [4.69, 9.17) is 16.3 Å². The van der Waals surface area contributed by atoms with Gasteiger partial charge in [0.2, 0.25) is 0 Å². The molecule has 2 aliphatic rings. The quantitative estimate of drug-likeness (QED) is 0.837. The summed E-state index contributed by atoms with van der Waals surface area (Å²) in [5, 5.41) is 0.0685. The van der Waals surface area contributed by atoms with Gasteiger partial charge in [-0.2, -0.15) is 8.42 Å². The fourth-order valence-electron chi connectivity index (χ4n) is 2.96. The van der Waals surface area contributed by atoms with Crippen molar-refractivity contribution >= 4 is 27.7 Å². The van der Waals surface area contributed by atoms with E-state index in [0.29, 0.717) is 11.8 Å². The van der Waals surface area contributed by atoms with Crippen molar-refractivity contribution in [2.45, 2.75) is 25.4 Å². The Morgan fingerprint density at radius 1 is 1.30 bits per heavy atom. The maximum absolute atomic E-state index is 14.1. The van der Waals surface area contributed by atoms with Gasteiger partial charge in [-0.3, -0.25) is 4.79 Å². The van der Waals surface area contributed by atoms with E-state index in [9.17, 15) is 17.6 Å². The molecule has 9 heteroatoms. The van der Waals surface area contributed by atoms with Gasteiger partial charge in [0.15, 0.2) is 0 Å². The maximum Gasteiger partial charge on any atom is 0.301 e. The summed E-state index contributed by atoms with van der Waals surface area (Å²) in [7, 11) is -2.89. The molecule has 1 aromatic carbocycles. The van der Waals surface area contributed by atoms with Crippen molar-refractivity contribution in [1.82, 2.24) is 9.44 Å². The number of benzene rings is 1. The van der Waals surface area contributed by atoms with Gasteiger partial charge in [0.1, 0.15) is 11.6 Å². The van der Waals surface area contributed by atoms with Crippen molar-refractivity contribution in [2.24, 2.45) is 11.8 Å². The summed E-state index contributed by atoms with van der Waals surface area (Å²) in [4.78, 5) is 11.8. The molecule has 1 unspecified atom stereocenters. The summed E-state index contributed by atoms with van der Waals surface area (Å²) in [5.74, 6) is -0.409. The first kappa shape index (κ1) is 16.5. The number of carbonyl (C=O) groups excluding carboxylic acids is 1. The van der Waals surface area contributed by atoms with Crippen LogP contribution < -0.4 is 14.2 Å². The molecule has 2 fully saturated rings. The van der Waals surface area contributed by atoms with E-state index in [-0.39, 0.29) is 16.9 Å². The van der Waals surface area contributed by atoms with Gasteiger partial charge >= 0.3 is 10.2 Å². The van der Waals surface area contributed by atoms with Crippen molar-refractivity contribution in [3.05, 3.63) is 28.5 Å². The number of halogens is 2. The van der Waals surface area contributed by atoms with E-state index < -0.39 is 27.5 Å². The number of fused-ring (bicyclic) bond motifs is 1. The molecule has 0 spiro atoms. The largest absolute Gasteiger partial charge is 0.489 e. The summed E-state index contributed by atoms with van der Waals surface area (Å²) in [5.41, 5.74) is -0.463. The van der Waals surface area contributed by atoms with Gasteiger partial charge in [-0.1, -0.05) is 11.6 Å². The number of hydrogen-bond acceptors (Lipinski definition) is 4. The number of ether oxygens (including phenoxy) is 1. The normalized spacial score (nSPS) is 25.8. The van der Waals surface area contributed by atoms with Gasteiger partial charge in [-0.05, 0) is 37.2 Å². The second-order valence-corrected chi connectivity index (χ2v) is 7.89. The van der Waals surface area contributed by atoms with Crippen molar-refractivity contribution < 1.29 is 22.3 Å². The Hall–Kier alpha value is -1.38. The van der Waals surface area contributed by atoms with Crippen LogP contribution in [-0.4, -0.2) is 27.5 Å². The number of nitrogens with one attached hydrogen (secondary N) is 2. The van der Waals surface area contributed by atoms with Gasteiger partial charge in [0, 0.05) is 13.1 Å². The molecule has 2 saturated carbocycles. The number of amides is 1. The molecule has 3 rings (SSSR count). The second-order valence-electron chi connectivity index (χ2n) is 5.87. The van der Waals surface area contributed by atoms with Crippen LogP contribution in [0.25, 0.3) is 0 Å². The molecular weight excluding hydrogens is 347 g/mol. The predicted molar refractivity (Wildman–Crippen MR) is 82.1 cm³/mol. The number of hydrogen-bond donors (Lipinski definition) is 2. The smallest absolute Gasteiger partial charge is 0.301 e. The average molecular weight is 363 g/mol. The van der Waals surface area contributed by atoms with Crippen molar-refractivity contribution in [2.75, 3.05) is 7.05 Å². The molecule has 23 heavy (non-hydrogen) atoms. The lowest BCUT2D eigenvalue weighted by atomic mass is 10.1. The lowest BCUT2D eigenvalue weighted by molar-refractivity contribution is 0.0977. The molecule has 0 bridgehead atoms. The van der Waals surface area contributed by atoms with E-state index >= 15 is 0 Å². The zero-order valence-electron chi connectivity index (χ0n) is 12.3. The minimum atomic E-state index is -4.02. The fourth-order valence-corrected chi connectivity index (χ4v) is 3.62. The highest BCUT2D eigenvalue weighted by atomic mass is 35.5. The molecule has 2 aliphatic carbocycles. The number of carbonyl (C=O) groups is 1. The van der Waals surface area contributed by atoms with Crippen LogP contribution in [0, 0.1) is 17.7 Å². The van der Waals surface area contributed by atoms with Crippen LogP contribution in [0.4, 0.5) is 4.39 Å². The van der Waals surface area contributed by atoms with E-state index in [1.807, 2.05) is 4.72 Å². The Bertz CT molecular complexity index is 745. The topological polar surface area (TPSA) is 84.5 Å². The van der Waals surface area contributed by atoms with Crippen molar-refractivity contribution in [1.29, 1.82) is 0 Å². The molecule has 0 aromatic heterocycles. The first-order valence-corrected chi connectivity index (χ1v) is 9.06. The highest BCUT2D eigenvalue weighted by Gasteiger charge is 2.47. The summed E-state index contributed by atoms with van der Waals surface area (Å²) in [6, 6.07) is 2.09. The SMILES string of the molecule is CNS(=O)(=O)NC(=O)c1cc(Cl)c(OC2C[C@@H]3C[C@@H]3C2)cc1F. The Kier molecular flexibility index (Phi) is 4.24. The van der Waals surface area contributed by atoms with E-state index in [0.717, 1.165) is 32.0 Å². The Morgan fingerprint density at radius 3 is 2.57 bits per heavy atom. The summed E-state index contributed by atoms with van der Waals surface area (Å²) >= 11 is 6.04. The molecule has 0 radical (unpaired) electrons. The summed E-state index contributed by atoms with van der Waals surface area (Å²) < 4.78 is 46.0.